The van der Waals surface area contributed by atoms with Crippen LogP contribution in [0.15, 0.2) is 44.4 Å². The number of fused-ring (bicyclic) bond motifs is 1. The minimum Gasteiger partial charge on any atom is -0.355 e. The molecule has 2 heterocycles. The molecule has 0 fully saturated rings. The summed E-state index contributed by atoms with van der Waals surface area (Å²) in [7, 11) is -3.50. The minimum atomic E-state index is -3.50. The molecule has 0 aliphatic carbocycles. The first-order chi connectivity index (χ1) is 13.0. The second-order valence-electron chi connectivity index (χ2n) is 5.90. The summed E-state index contributed by atoms with van der Waals surface area (Å²) < 4.78 is 35.0. The van der Waals surface area contributed by atoms with Crippen LogP contribution in [0.4, 0.5) is 5.95 Å². The van der Waals surface area contributed by atoms with Crippen molar-refractivity contribution in [3.63, 3.8) is 0 Å². The van der Waals surface area contributed by atoms with Gasteiger partial charge in [-0.1, -0.05) is 28.8 Å². The second kappa shape index (κ2) is 9.46. The number of halogens is 2. The zero-order chi connectivity index (χ0) is 19.3. The number of hydrogen-bond donors (Lipinski definition) is 2. The number of unbranched alkanes of at least 4 members (excludes halogenated alkanes) is 3. The van der Waals surface area contributed by atoms with Gasteiger partial charge in [0.05, 0.1) is 4.90 Å². The van der Waals surface area contributed by atoms with Crippen LogP contribution in [0.25, 0.3) is 4.96 Å². The van der Waals surface area contributed by atoms with Crippen molar-refractivity contribution in [2.24, 2.45) is 0 Å². The first-order valence-electron chi connectivity index (χ1n) is 8.45. The summed E-state index contributed by atoms with van der Waals surface area (Å²) in [5.74, 6) is 0.820. The number of hydrogen-bond acceptors (Lipinski definition) is 6. The van der Waals surface area contributed by atoms with Gasteiger partial charge in [0, 0.05) is 46.0 Å². The van der Waals surface area contributed by atoms with Crippen LogP contribution < -0.4 is 10.0 Å². The Morgan fingerprint density at radius 2 is 1.89 bits per heavy atom. The molecule has 0 saturated carbocycles. The van der Waals surface area contributed by atoms with Gasteiger partial charge in [-0.2, -0.15) is 4.37 Å². The maximum absolute atomic E-state index is 12.3. The van der Waals surface area contributed by atoms with E-state index in [-0.39, 0.29) is 4.90 Å². The van der Waals surface area contributed by atoms with Crippen LogP contribution >= 0.6 is 43.4 Å². The van der Waals surface area contributed by atoms with Crippen molar-refractivity contribution < 1.29 is 8.42 Å². The number of nitrogens with one attached hydrogen (secondary N) is 2. The lowest BCUT2D eigenvalue weighted by atomic mass is 10.2. The Kier molecular flexibility index (Phi) is 7.26. The van der Waals surface area contributed by atoms with E-state index in [0.717, 1.165) is 47.6 Å². The zero-order valence-corrected chi connectivity index (χ0v) is 19.2. The summed E-state index contributed by atoms with van der Waals surface area (Å²) in [6, 6.07) is 5.02. The number of anilines is 1. The average Bonchev–Trinajstić information content (AvgIpc) is 3.21. The number of benzene rings is 1. The molecule has 0 spiro atoms. The van der Waals surface area contributed by atoms with E-state index in [9.17, 15) is 8.42 Å². The second-order valence-corrected chi connectivity index (χ2v) is 10.1. The molecule has 3 aromatic rings. The van der Waals surface area contributed by atoms with Gasteiger partial charge in [-0.25, -0.2) is 18.1 Å². The molecule has 0 bridgehead atoms. The molecule has 146 valence electrons. The molecular formula is C16H19Br2N5O2S2. The summed E-state index contributed by atoms with van der Waals surface area (Å²) in [5.41, 5.74) is 0. The molecule has 0 amide bonds. The predicted molar refractivity (Wildman–Crippen MR) is 115 cm³/mol. The summed E-state index contributed by atoms with van der Waals surface area (Å²) in [5, 5.41) is 3.30. The number of nitrogens with zero attached hydrogens (tertiary/aromatic N) is 3. The van der Waals surface area contributed by atoms with E-state index >= 15 is 0 Å². The molecule has 2 aromatic heterocycles. The summed E-state index contributed by atoms with van der Waals surface area (Å²) in [6.45, 7) is 1.26. The Labute approximate surface area is 179 Å². The van der Waals surface area contributed by atoms with Crippen molar-refractivity contribution in [2.75, 3.05) is 18.4 Å². The van der Waals surface area contributed by atoms with Crippen LogP contribution in [0.5, 0.6) is 0 Å². The summed E-state index contributed by atoms with van der Waals surface area (Å²) in [4.78, 5) is 5.32. The standard InChI is InChI=1S/C16H19Br2N5O2S2/c17-12-5-6-14(13(18)11-12)27(24,25)21-8-4-2-1-3-7-19-15-22-26-16-20-9-10-23(15)16/h5-6,9-11,21H,1-4,7-8H2,(H,19,22). The molecule has 11 heteroatoms. The fourth-order valence-corrected chi connectivity index (χ4v) is 6.03. The van der Waals surface area contributed by atoms with E-state index < -0.39 is 10.0 Å². The van der Waals surface area contributed by atoms with Crippen LogP contribution in [0.1, 0.15) is 25.7 Å². The van der Waals surface area contributed by atoms with E-state index in [2.05, 4.69) is 51.3 Å². The van der Waals surface area contributed by atoms with Crippen molar-refractivity contribution in [1.82, 2.24) is 18.5 Å². The summed E-state index contributed by atoms with van der Waals surface area (Å²) >= 11 is 7.98. The van der Waals surface area contributed by atoms with E-state index in [1.54, 1.807) is 24.4 Å². The molecule has 1 aromatic carbocycles. The molecule has 3 rings (SSSR count). The predicted octanol–water partition coefficient (Wildman–Crippen LogP) is 4.27. The Balaban J connectivity index is 1.33. The van der Waals surface area contributed by atoms with Gasteiger partial charge in [0.1, 0.15) is 0 Å². The normalized spacial score (nSPS) is 11.9. The summed E-state index contributed by atoms with van der Waals surface area (Å²) in [6.07, 6.45) is 7.43. The Hall–Kier alpha value is -1.01. The van der Waals surface area contributed by atoms with Crippen LogP contribution in [0, 0.1) is 0 Å². The van der Waals surface area contributed by atoms with Gasteiger partial charge in [-0.3, -0.25) is 4.40 Å². The van der Waals surface area contributed by atoms with Gasteiger partial charge < -0.3 is 5.32 Å². The molecule has 0 radical (unpaired) electrons. The number of aromatic nitrogens is 3. The Bertz CT molecular complexity index is 1000. The third-order valence-electron chi connectivity index (χ3n) is 3.91. The number of imidazole rings is 1. The zero-order valence-electron chi connectivity index (χ0n) is 14.4. The van der Waals surface area contributed by atoms with Gasteiger partial charge in [-0.05, 0) is 47.0 Å². The third-order valence-corrected chi connectivity index (χ3v) is 7.57. The smallest absolute Gasteiger partial charge is 0.241 e. The molecule has 0 aliphatic rings. The minimum absolute atomic E-state index is 0.254. The van der Waals surface area contributed by atoms with Gasteiger partial charge >= 0.3 is 0 Å². The molecule has 0 unspecified atom stereocenters. The first-order valence-corrected chi connectivity index (χ1v) is 12.3. The van der Waals surface area contributed by atoms with Crippen LogP contribution in [-0.4, -0.2) is 35.3 Å². The number of sulfonamides is 1. The Morgan fingerprint density at radius 3 is 2.67 bits per heavy atom. The highest BCUT2D eigenvalue weighted by atomic mass is 79.9. The fourth-order valence-electron chi connectivity index (χ4n) is 2.55. The largest absolute Gasteiger partial charge is 0.355 e. The molecule has 0 aliphatic heterocycles. The van der Waals surface area contributed by atoms with E-state index in [1.165, 1.54) is 11.5 Å². The van der Waals surface area contributed by atoms with Gasteiger partial charge in [0.2, 0.25) is 20.9 Å². The van der Waals surface area contributed by atoms with Crippen molar-refractivity contribution in [1.29, 1.82) is 0 Å². The number of rotatable bonds is 10. The lowest BCUT2D eigenvalue weighted by Gasteiger charge is -2.09. The monoisotopic (exact) mass is 535 g/mol. The molecule has 0 atom stereocenters. The quantitative estimate of drug-likeness (QED) is 0.378. The van der Waals surface area contributed by atoms with Gasteiger partial charge in [-0.15, -0.1) is 0 Å². The lowest BCUT2D eigenvalue weighted by Crippen LogP contribution is -2.25. The van der Waals surface area contributed by atoms with Crippen LogP contribution in [-0.2, 0) is 10.0 Å². The average molecular weight is 537 g/mol. The highest BCUT2D eigenvalue weighted by molar-refractivity contribution is 9.11. The molecule has 2 N–H and O–H groups in total. The van der Waals surface area contributed by atoms with E-state index in [1.807, 2.05) is 10.6 Å². The highest BCUT2D eigenvalue weighted by Crippen LogP contribution is 2.25. The Morgan fingerprint density at radius 1 is 1.11 bits per heavy atom. The van der Waals surface area contributed by atoms with Crippen molar-refractivity contribution >= 4 is 64.3 Å². The molecule has 7 nitrogen and oxygen atoms in total. The van der Waals surface area contributed by atoms with Crippen LogP contribution in [0.3, 0.4) is 0 Å². The van der Waals surface area contributed by atoms with E-state index in [0.29, 0.717) is 11.0 Å². The highest BCUT2D eigenvalue weighted by Gasteiger charge is 2.16. The maximum Gasteiger partial charge on any atom is 0.241 e. The fraction of sp³-hybridized carbons (Fsp3) is 0.375. The van der Waals surface area contributed by atoms with Crippen molar-refractivity contribution in [2.45, 2.75) is 30.6 Å². The third kappa shape index (κ3) is 5.50. The van der Waals surface area contributed by atoms with Gasteiger partial charge in [0.25, 0.3) is 0 Å². The molecule has 27 heavy (non-hydrogen) atoms. The lowest BCUT2D eigenvalue weighted by molar-refractivity contribution is 0.572. The molecular weight excluding hydrogens is 518 g/mol. The van der Waals surface area contributed by atoms with Gasteiger partial charge in [0.15, 0.2) is 0 Å². The van der Waals surface area contributed by atoms with Crippen molar-refractivity contribution in [3.05, 3.63) is 39.5 Å². The first kappa shape index (κ1) is 20.7. The SMILES string of the molecule is O=S(=O)(NCCCCCCNc1nsc2nccn12)c1ccc(Br)cc1Br. The van der Waals surface area contributed by atoms with Crippen LogP contribution in [0.2, 0.25) is 0 Å². The topological polar surface area (TPSA) is 88.4 Å². The molecule has 0 saturated heterocycles. The van der Waals surface area contributed by atoms with Crippen molar-refractivity contribution in [3.8, 4) is 0 Å². The van der Waals surface area contributed by atoms with E-state index in [4.69, 9.17) is 0 Å². The maximum atomic E-state index is 12.3.